The topological polar surface area (TPSA) is 41.1 Å². The van der Waals surface area contributed by atoms with Crippen LogP contribution >= 0.6 is 0 Å². The highest BCUT2D eigenvalue weighted by Crippen LogP contribution is 2.15. The molecule has 0 aromatic heterocycles. The fourth-order valence-corrected chi connectivity index (χ4v) is 1.29. The molecule has 1 aromatic rings. The van der Waals surface area contributed by atoms with E-state index >= 15 is 0 Å². The maximum absolute atomic E-state index is 11.2. The molecule has 1 aromatic carbocycles. The highest BCUT2D eigenvalue weighted by molar-refractivity contribution is 5.90. The van der Waals surface area contributed by atoms with E-state index in [1.54, 1.807) is 0 Å². The largest absolute Gasteiger partial charge is 0.383 e. The molecular weight excluding hydrogens is 200 g/mol. The minimum absolute atomic E-state index is 0.0441. The average Bonchev–Trinajstić information content (AvgIpc) is 2.31. The van der Waals surface area contributed by atoms with E-state index < -0.39 is 0 Å². The van der Waals surface area contributed by atoms with Crippen molar-refractivity contribution in [2.24, 2.45) is 0 Å². The summed E-state index contributed by atoms with van der Waals surface area (Å²) in [6.07, 6.45) is 1.60. The molecule has 0 saturated heterocycles. The fraction of sp³-hybridized carbons (Fsp3) is 0.462. The fourth-order valence-electron chi connectivity index (χ4n) is 1.29. The van der Waals surface area contributed by atoms with Crippen LogP contribution in [0.4, 0.5) is 11.4 Å². The Labute approximate surface area is 97.2 Å². The molecule has 3 heteroatoms. The Morgan fingerprint density at radius 3 is 2.25 bits per heavy atom. The minimum Gasteiger partial charge on any atom is -0.383 e. The first-order chi connectivity index (χ1) is 7.65. The Bertz CT molecular complexity index is 332. The van der Waals surface area contributed by atoms with Crippen LogP contribution in [-0.2, 0) is 4.79 Å². The summed E-state index contributed by atoms with van der Waals surface area (Å²) in [5.41, 5.74) is 1.94. The van der Waals surface area contributed by atoms with Crippen molar-refractivity contribution in [3.05, 3.63) is 24.3 Å². The van der Waals surface area contributed by atoms with Gasteiger partial charge in [-0.25, -0.2) is 0 Å². The number of benzene rings is 1. The van der Waals surface area contributed by atoms with Crippen LogP contribution < -0.4 is 10.6 Å². The van der Waals surface area contributed by atoms with Crippen molar-refractivity contribution < 1.29 is 4.79 Å². The molecule has 2 N–H and O–H groups in total. The van der Waals surface area contributed by atoms with Gasteiger partial charge in [0.2, 0.25) is 5.91 Å². The van der Waals surface area contributed by atoms with Crippen molar-refractivity contribution in [1.29, 1.82) is 0 Å². The predicted molar refractivity (Wildman–Crippen MR) is 68.7 cm³/mol. The molecule has 1 unspecified atom stereocenters. The van der Waals surface area contributed by atoms with Gasteiger partial charge in [-0.05, 0) is 37.6 Å². The summed E-state index contributed by atoms with van der Waals surface area (Å²) in [6, 6.07) is 8.27. The van der Waals surface area contributed by atoms with Gasteiger partial charge in [0.1, 0.15) is 0 Å². The normalized spacial score (nSPS) is 11.9. The molecule has 16 heavy (non-hydrogen) atoms. The lowest BCUT2D eigenvalue weighted by molar-refractivity contribution is -0.115. The number of nitrogens with one attached hydrogen (secondary N) is 2. The molecule has 0 saturated carbocycles. The van der Waals surface area contributed by atoms with Gasteiger partial charge in [-0.15, -0.1) is 0 Å². The second kappa shape index (κ2) is 6.16. The SMILES string of the molecule is CCC(=O)Nc1ccc(NC(C)CC)cc1. The first kappa shape index (κ1) is 12.6. The summed E-state index contributed by atoms with van der Waals surface area (Å²) in [5.74, 6) is 0.0441. The molecule has 1 amide bonds. The summed E-state index contributed by atoms with van der Waals surface area (Å²) in [4.78, 5) is 11.2. The Morgan fingerprint density at radius 2 is 1.75 bits per heavy atom. The molecule has 0 spiro atoms. The average molecular weight is 220 g/mol. The van der Waals surface area contributed by atoms with Crippen LogP contribution in [0.15, 0.2) is 24.3 Å². The van der Waals surface area contributed by atoms with E-state index in [0.717, 1.165) is 17.8 Å². The van der Waals surface area contributed by atoms with E-state index in [-0.39, 0.29) is 5.91 Å². The third kappa shape index (κ3) is 3.93. The van der Waals surface area contributed by atoms with Crippen LogP contribution in [0.1, 0.15) is 33.6 Å². The molecule has 3 nitrogen and oxygen atoms in total. The highest BCUT2D eigenvalue weighted by atomic mass is 16.1. The molecule has 0 aliphatic carbocycles. The zero-order valence-electron chi connectivity index (χ0n) is 10.2. The lowest BCUT2D eigenvalue weighted by Gasteiger charge is -2.13. The Hall–Kier alpha value is -1.51. The summed E-state index contributed by atoms with van der Waals surface area (Å²) < 4.78 is 0. The molecule has 0 radical (unpaired) electrons. The highest BCUT2D eigenvalue weighted by Gasteiger charge is 2.00. The van der Waals surface area contributed by atoms with Gasteiger partial charge in [-0.3, -0.25) is 4.79 Å². The Morgan fingerprint density at radius 1 is 1.19 bits per heavy atom. The third-order valence-corrected chi connectivity index (χ3v) is 2.52. The molecule has 88 valence electrons. The van der Waals surface area contributed by atoms with E-state index in [4.69, 9.17) is 0 Å². The quantitative estimate of drug-likeness (QED) is 0.799. The van der Waals surface area contributed by atoms with Gasteiger partial charge in [0.05, 0.1) is 0 Å². The number of amides is 1. The second-order valence-electron chi connectivity index (χ2n) is 3.93. The van der Waals surface area contributed by atoms with E-state index in [9.17, 15) is 4.79 Å². The van der Waals surface area contributed by atoms with Crippen LogP contribution in [0, 0.1) is 0 Å². The van der Waals surface area contributed by atoms with Crippen LogP contribution in [-0.4, -0.2) is 11.9 Å². The van der Waals surface area contributed by atoms with Crippen LogP contribution in [0.5, 0.6) is 0 Å². The lowest BCUT2D eigenvalue weighted by Crippen LogP contribution is -2.13. The maximum Gasteiger partial charge on any atom is 0.224 e. The molecule has 0 fully saturated rings. The van der Waals surface area contributed by atoms with Gasteiger partial charge in [-0.2, -0.15) is 0 Å². The van der Waals surface area contributed by atoms with Crippen LogP contribution in [0.25, 0.3) is 0 Å². The van der Waals surface area contributed by atoms with Gasteiger partial charge < -0.3 is 10.6 Å². The van der Waals surface area contributed by atoms with Crippen molar-refractivity contribution in [2.45, 2.75) is 39.7 Å². The van der Waals surface area contributed by atoms with Crippen molar-refractivity contribution in [1.82, 2.24) is 0 Å². The second-order valence-corrected chi connectivity index (χ2v) is 3.93. The van der Waals surface area contributed by atoms with Gasteiger partial charge in [0, 0.05) is 23.8 Å². The molecule has 1 atom stereocenters. The minimum atomic E-state index is 0.0441. The summed E-state index contributed by atoms with van der Waals surface area (Å²) in [7, 11) is 0. The smallest absolute Gasteiger partial charge is 0.224 e. The van der Waals surface area contributed by atoms with Crippen molar-refractivity contribution in [3.8, 4) is 0 Å². The van der Waals surface area contributed by atoms with E-state index in [1.165, 1.54) is 0 Å². The number of rotatable bonds is 5. The Balaban J connectivity index is 2.57. The predicted octanol–water partition coefficient (Wildman–Crippen LogP) is 3.25. The van der Waals surface area contributed by atoms with Crippen molar-refractivity contribution in [2.75, 3.05) is 10.6 Å². The summed E-state index contributed by atoms with van der Waals surface area (Å²) in [5, 5.41) is 6.19. The monoisotopic (exact) mass is 220 g/mol. The molecule has 0 heterocycles. The first-order valence-electron chi connectivity index (χ1n) is 5.82. The summed E-state index contributed by atoms with van der Waals surface area (Å²) >= 11 is 0. The lowest BCUT2D eigenvalue weighted by atomic mass is 10.2. The zero-order chi connectivity index (χ0) is 12.0. The van der Waals surface area contributed by atoms with Crippen LogP contribution in [0.2, 0.25) is 0 Å². The Kier molecular flexibility index (Phi) is 4.83. The van der Waals surface area contributed by atoms with Gasteiger partial charge in [0.25, 0.3) is 0 Å². The maximum atomic E-state index is 11.2. The first-order valence-corrected chi connectivity index (χ1v) is 5.82. The standard InChI is InChI=1S/C13H20N2O/c1-4-10(3)14-11-6-8-12(9-7-11)15-13(16)5-2/h6-10,14H,4-5H2,1-3H3,(H,15,16). The molecular formula is C13H20N2O. The molecule has 0 aliphatic heterocycles. The van der Waals surface area contributed by atoms with Gasteiger partial charge in [-0.1, -0.05) is 13.8 Å². The number of hydrogen-bond acceptors (Lipinski definition) is 2. The van der Waals surface area contributed by atoms with E-state index in [0.29, 0.717) is 12.5 Å². The van der Waals surface area contributed by atoms with Crippen LogP contribution in [0.3, 0.4) is 0 Å². The molecule has 0 bridgehead atoms. The number of carbonyl (C=O) groups excluding carboxylic acids is 1. The van der Waals surface area contributed by atoms with E-state index in [1.807, 2.05) is 31.2 Å². The van der Waals surface area contributed by atoms with E-state index in [2.05, 4.69) is 24.5 Å². The zero-order valence-corrected chi connectivity index (χ0v) is 10.2. The molecule has 1 rings (SSSR count). The number of hydrogen-bond donors (Lipinski definition) is 2. The van der Waals surface area contributed by atoms with Crippen molar-refractivity contribution in [3.63, 3.8) is 0 Å². The molecule has 0 aliphatic rings. The number of carbonyl (C=O) groups is 1. The third-order valence-electron chi connectivity index (χ3n) is 2.52. The number of anilines is 2. The van der Waals surface area contributed by atoms with Gasteiger partial charge >= 0.3 is 0 Å². The van der Waals surface area contributed by atoms with Crippen molar-refractivity contribution >= 4 is 17.3 Å². The summed E-state index contributed by atoms with van der Waals surface area (Å²) in [6.45, 7) is 6.13. The van der Waals surface area contributed by atoms with Gasteiger partial charge in [0.15, 0.2) is 0 Å².